The lowest BCUT2D eigenvalue weighted by molar-refractivity contribution is -0.139. The summed E-state index contributed by atoms with van der Waals surface area (Å²) in [6.07, 6.45) is 1.82. The molecule has 0 spiro atoms. The van der Waals surface area contributed by atoms with Crippen LogP contribution in [0.1, 0.15) is 34.9 Å². The number of carbonyl (C=O) groups is 2. The summed E-state index contributed by atoms with van der Waals surface area (Å²) in [5, 5.41) is 26.3. The first-order valence-corrected chi connectivity index (χ1v) is 13.4. The molecule has 1 saturated heterocycles. The third-order valence-electron chi connectivity index (χ3n) is 5.91. The molecule has 1 aliphatic rings. The number of aliphatic hydroxyl groups is 1. The Labute approximate surface area is 210 Å². The van der Waals surface area contributed by atoms with Crippen LogP contribution in [-0.4, -0.2) is 76.1 Å². The Hall–Kier alpha value is -3.35. The van der Waals surface area contributed by atoms with E-state index >= 15 is 0 Å². The van der Waals surface area contributed by atoms with Crippen molar-refractivity contribution in [1.29, 1.82) is 0 Å². The number of phenols is 1. The van der Waals surface area contributed by atoms with Crippen molar-refractivity contribution in [3.05, 3.63) is 53.6 Å². The number of nitrogens with one attached hydrogen (secondary N) is 3. The van der Waals surface area contributed by atoms with Gasteiger partial charge in [-0.3, -0.25) is 14.3 Å². The van der Waals surface area contributed by atoms with E-state index in [0.717, 1.165) is 37.9 Å². The number of ether oxygens (including phenoxy) is 1. The minimum Gasteiger partial charge on any atom is -0.506 e. The predicted molar refractivity (Wildman–Crippen MR) is 136 cm³/mol. The van der Waals surface area contributed by atoms with Gasteiger partial charge in [-0.1, -0.05) is 6.07 Å². The zero-order chi connectivity index (χ0) is 26.3. The largest absolute Gasteiger partial charge is 0.506 e. The van der Waals surface area contributed by atoms with Crippen molar-refractivity contribution in [2.24, 2.45) is 0 Å². The minimum absolute atomic E-state index is 0.0225. The summed E-state index contributed by atoms with van der Waals surface area (Å²) in [6, 6.07) is 11.7. The molecule has 1 atom stereocenters. The van der Waals surface area contributed by atoms with Crippen molar-refractivity contribution >= 4 is 33.3 Å². The molecule has 1 heterocycles. The summed E-state index contributed by atoms with van der Waals surface area (Å²) < 4.78 is 29.7. The van der Waals surface area contributed by atoms with Crippen molar-refractivity contribution in [3.8, 4) is 5.75 Å². The molecule has 1 amide bonds. The number of hydrogen-bond donors (Lipinski definition) is 5. The van der Waals surface area contributed by atoms with Gasteiger partial charge in [0.15, 0.2) is 0 Å². The maximum Gasteiger partial charge on any atom is 0.325 e. The molecule has 196 valence electrons. The number of piperidine rings is 1. The average molecular weight is 521 g/mol. The highest BCUT2D eigenvalue weighted by atomic mass is 32.2. The van der Waals surface area contributed by atoms with Crippen LogP contribution in [0.5, 0.6) is 5.75 Å². The summed E-state index contributed by atoms with van der Waals surface area (Å²) in [5.41, 5.74) is 1.96. The SMILES string of the molecule is COC(=O)CNC(=O)c1ccc(N2CCC(NC[C@H](O)c3ccc(O)c(NS(C)(=O)=O)c3)CC2)cc1. The highest BCUT2D eigenvalue weighted by molar-refractivity contribution is 7.92. The summed E-state index contributed by atoms with van der Waals surface area (Å²) in [6.45, 7) is 1.69. The van der Waals surface area contributed by atoms with Crippen LogP contribution in [0.4, 0.5) is 11.4 Å². The van der Waals surface area contributed by atoms with Gasteiger partial charge >= 0.3 is 5.97 Å². The molecule has 1 fully saturated rings. The van der Waals surface area contributed by atoms with Crippen LogP contribution in [0.25, 0.3) is 0 Å². The Kier molecular flexibility index (Phi) is 9.13. The minimum atomic E-state index is -3.56. The van der Waals surface area contributed by atoms with Crippen LogP contribution < -0.4 is 20.3 Å². The first-order valence-electron chi connectivity index (χ1n) is 11.5. The molecular weight excluding hydrogens is 488 g/mol. The fourth-order valence-electron chi connectivity index (χ4n) is 3.93. The number of methoxy groups -OCH3 is 1. The predicted octanol–water partition coefficient (Wildman–Crippen LogP) is 0.959. The molecular formula is C24H32N4O7S. The second kappa shape index (κ2) is 12.1. The average Bonchev–Trinajstić information content (AvgIpc) is 2.86. The summed E-state index contributed by atoms with van der Waals surface area (Å²) in [4.78, 5) is 25.5. The number of phenolic OH excluding ortho intramolecular Hbond substituents is 1. The van der Waals surface area contributed by atoms with Gasteiger partial charge in [0.1, 0.15) is 12.3 Å². The standard InChI is InChI=1S/C24H32N4O7S/c1-35-23(31)15-26-24(32)16-3-6-19(7-4-16)28-11-9-18(10-12-28)25-14-22(30)17-5-8-21(29)20(13-17)27-36(2,33)34/h3-8,13,18,22,25,27,29-30H,9-12,14-15H2,1-2H3,(H,26,32)/t22-/m0/s1. The van der Waals surface area contributed by atoms with Crippen molar-refractivity contribution in [2.45, 2.75) is 25.0 Å². The number of rotatable bonds is 10. The zero-order valence-corrected chi connectivity index (χ0v) is 21.0. The number of sulfonamides is 1. The van der Waals surface area contributed by atoms with Gasteiger partial charge < -0.3 is 30.5 Å². The van der Waals surface area contributed by atoms with Crippen LogP contribution in [0.2, 0.25) is 0 Å². The highest BCUT2D eigenvalue weighted by Crippen LogP contribution is 2.28. The van der Waals surface area contributed by atoms with Gasteiger partial charge in [-0.2, -0.15) is 0 Å². The maximum atomic E-state index is 12.1. The lowest BCUT2D eigenvalue weighted by Crippen LogP contribution is -2.43. The summed E-state index contributed by atoms with van der Waals surface area (Å²) in [7, 11) is -2.30. The fourth-order valence-corrected chi connectivity index (χ4v) is 4.49. The van der Waals surface area contributed by atoms with Crippen LogP contribution in [0, 0.1) is 0 Å². The lowest BCUT2D eigenvalue weighted by Gasteiger charge is -2.34. The lowest BCUT2D eigenvalue weighted by atomic mass is 10.0. The first kappa shape index (κ1) is 27.2. The number of aliphatic hydroxyl groups excluding tert-OH is 1. The van der Waals surface area contributed by atoms with Gasteiger partial charge in [0.05, 0.1) is 25.2 Å². The maximum absolute atomic E-state index is 12.1. The van der Waals surface area contributed by atoms with E-state index in [1.807, 2.05) is 12.1 Å². The molecule has 3 rings (SSSR count). The van der Waals surface area contributed by atoms with E-state index in [1.54, 1.807) is 18.2 Å². The highest BCUT2D eigenvalue weighted by Gasteiger charge is 2.21. The van der Waals surface area contributed by atoms with Gasteiger partial charge in [0.25, 0.3) is 5.91 Å². The monoisotopic (exact) mass is 520 g/mol. The van der Waals surface area contributed by atoms with Crippen molar-refractivity contribution in [2.75, 3.05) is 49.2 Å². The smallest absolute Gasteiger partial charge is 0.325 e. The molecule has 11 nitrogen and oxygen atoms in total. The van der Waals surface area contributed by atoms with Crippen LogP contribution in [-0.2, 0) is 19.6 Å². The van der Waals surface area contributed by atoms with Crippen molar-refractivity contribution < 1.29 is 33.0 Å². The van der Waals surface area contributed by atoms with E-state index in [0.29, 0.717) is 11.1 Å². The Morgan fingerprint density at radius 1 is 1.14 bits per heavy atom. The number of amides is 1. The van der Waals surface area contributed by atoms with Crippen molar-refractivity contribution in [3.63, 3.8) is 0 Å². The molecule has 0 saturated carbocycles. The molecule has 0 radical (unpaired) electrons. The molecule has 12 heteroatoms. The second-order valence-electron chi connectivity index (χ2n) is 8.64. The van der Waals surface area contributed by atoms with Gasteiger partial charge in [0.2, 0.25) is 10.0 Å². The van der Waals surface area contributed by atoms with Gasteiger partial charge in [0, 0.05) is 36.9 Å². The topological polar surface area (TPSA) is 157 Å². The second-order valence-corrected chi connectivity index (χ2v) is 10.4. The van der Waals surface area contributed by atoms with E-state index in [9.17, 15) is 28.2 Å². The number of carbonyl (C=O) groups excluding carboxylic acids is 2. The van der Waals surface area contributed by atoms with E-state index in [1.165, 1.54) is 19.2 Å². The number of nitrogens with zero attached hydrogens (tertiary/aromatic N) is 1. The number of esters is 1. The Morgan fingerprint density at radius 3 is 2.42 bits per heavy atom. The van der Waals surface area contributed by atoms with Gasteiger partial charge in [-0.25, -0.2) is 8.42 Å². The Morgan fingerprint density at radius 2 is 1.81 bits per heavy atom. The van der Waals surface area contributed by atoms with Crippen LogP contribution in [0.15, 0.2) is 42.5 Å². The molecule has 0 aromatic heterocycles. The number of anilines is 2. The fraction of sp³-hybridized carbons (Fsp3) is 0.417. The Balaban J connectivity index is 1.47. The summed E-state index contributed by atoms with van der Waals surface area (Å²) >= 11 is 0. The molecule has 2 aromatic carbocycles. The van der Waals surface area contributed by atoms with E-state index in [2.05, 4.69) is 25.0 Å². The molecule has 0 bridgehead atoms. The number of hydrogen-bond acceptors (Lipinski definition) is 9. The normalized spacial score (nSPS) is 15.2. The molecule has 5 N–H and O–H groups in total. The van der Waals surface area contributed by atoms with E-state index in [4.69, 9.17) is 0 Å². The molecule has 1 aliphatic heterocycles. The van der Waals surface area contributed by atoms with Crippen LogP contribution >= 0.6 is 0 Å². The van der Waals surface area contributed by atoms with Gasteiger partial charge in [-0.15, -0.1) is 0 Å². The van der Waals surface area contributed by atoms with Crippen molar-refractivity contribution in [1.82, 2.24) is 10.6 Å². The molecule has 2 aromatic rings. The quantitative estimate of drug-likeness (QED) is 0.227. The first-order chi connectivity index (χ1) is 17.1. The number of benzene rings is 2. The van der Waals surface area contributed by atoms with Crippen LogP contribution in [0.3, 0.4) is 0 Å². The van der Waals surface area contributed by atoms with E-state index in [-0.39, 0.29) is 36.5 Å². The third kappa shape index (κ3) is 7.83. The zero-order valence-electron chi connectivity index (χ0n) is 20.2. The molecule has 0 unspecified atom stereocenters. The third-order valence-corrected chi connectivity index (χ3v) is 6.50. The molecule has 0 aliphatic carbocycles. The Bertz CT molecular complexity index is 1160. The number of aromatic hydroxyl groups is 1. The summed E-state index contributed by atoms with van der Waals surface area (Å²) in [5.74, 6) is -1.08. The molecule has 36 heavy (non-hydrogen) atoms. The van der Waals surface area contributed by atoms with E-state index < -0.39 is 22.1 Å². The van der Waals surface area contributed by atoms with Gasteiger partial charge in [-0.05, 0) is 54.8 Å².